The van der Waals surface area contributed by atoms with Crippen LogP contribution in [0.15, 0.2) is 24.3 Å². The maximum absolute atomic E-state index is 10.2. The molecule has 0 aromatic heterocycles. The smallest absolute Gasteiger partial charge is 0.143 e. The van der Waals surface area contributed by atoms with Gasteiger partial charge >= 0.3 is 0 Å². The number of ether oxygens (including phenoxy) is 2. The van der Waals surface area contributed by atoms with Crippen LogP contribution in [0, 0.1) is 35.5 Å². The van der Waals surface area contributed by atoms with Crippen molar-refractivity contribution >= 4 is 0 Å². The van der Waals surface area contributed by atoms with E-state index in [4.69, 9.17) is 9.47 Å². The molecule has 5 aliphatic carbocycles. The Hall–Kier alpha value is -1.83. The number of likely N-dealkylation sites (tertiary alicyclic amines) is 1. The molecular weight excluding hydrogens is 360 g/mol. The summed E-state index contributed by atoms with van der Waals surface area (Å²) in [5.41, 5.74) is 3.46. The lowest BCUT2D eigenvalue weighted by atomic mass is 9.37. The topological polar surface area (TPSA) is 45.5 Å². The molecule has 29 heavy (non-hydrogen) atoms. The van der Waals surface area contributed by atoms with Crippen molar-refractivity contribution in [2.24, 2.45) is 17.3 Å². The largest absolute Gasteiger partial charge is 0.485 e. The molecule has 6 atom stereocenters. The zero-order valence-corrected chi connectivity index (χ0v) is 17.3. The van der Waals surface area contributed by atoms with E-state index in [-0.39, 0.29) is 22.9 Å². The summed E-state index contributed by atoms with van der Waals surface area (Å²) in [6.07, 6.45) is 10.5. The van der Waals surface area contributed by atoms with Gasteiger partial charge in [-0.1, -0.05) is 24.3 Å². The Balaban J connectivity index is 1.52. The second-order valence-electron chi connectivity index (χ2n) is 10.4. The van der Waals surface area contributed by atoms with Crippen molar-refractivity contribution in [1.29, 1.82) is 5.26 Å². The molecule has 0 amide bonds. The number of hydrogen-bond donors (Lipinski definition) is 0. The van der Waals surface area contributed by atoms with Crippen LogP contribution in [-0.4, -0.2) is 42.8 Å². The molecule has 4 heteroatoms. The summed E-state index contributed by atoms with van der Waals surface area (Å²) < 4.78 is 13.1. The number of aryl methyl sites for hydroxylation is 1. The van der Waals surface area contributed by atoms with Crippen LogP contribution in [0.3, 0.4) is 0 Å². The first-order valence-corrected chi connectivity index (χ1v) is 11.3. The normalized spacial score (nSPS) is 45.6. The number of hydrogen-bond acceptors (Lipinski definition) is 4. The van der Waals surface area contributed by atoms with Gasteiger partial charge in [-0.2, -0.15) is 5.26 Å². The molecular formula is C25H28N2O2. The van der Waals surface area contributed by atoms with Crippen molar-refractivity contribution in [3.05, 3.63) is 41.0 Å². The third-order valence-corrected chi connectivity index (χ3v) is 9.48. The molecule has 4 bridgehead atoms. The van der Waals surface area contributed by atoms with Crippen LogP contribution in [0.2, 0.25) is 0 Å². The molecule has 2 saturated carbocycles. The van der Waals surface area contributed by atoms with E-state index in [1.54, 1.807) is 7.11 Å². The van der Waals surface area contributed by atoms with Crippen molar-refractivity contribution in [3.8, 4) is 11.8 Å². The lowest BCUT2D eigenvalue weighted by Crippen LogP contribution is -2.79. The number of benzene rings is 1. The first-order valence-electron chi connectivity index (χ1n) is 11.3. The third kappa shape index (κ3) is 1.65. The molecule has 1 aromatic carbocycles. The molecule has 2 spiro atoms. The Bertz CT molecular complexity index is 1010. The van der Waals surface area contributed by atoms with Gasteiger partial charge in [0.25, 0.3) is 0 Å². The van der Waals surface area contributed by atoms with Gasteiger partial charge in [-0.3, -0.25) is 4.90 Å². The van der Waals surface area contributed by atoms with Gasteiger partial charge < -0.3 is 9.47 Å². The molecule has 7 aliphatic rings. The molecule has 150 valence electrons. The number of methoxy groups -OCH3 is 1. The minimum Gasteiger partial charge on any atom is -0.485 e. The molecule has 2 aliphatic heterocycles. The summed E-state index contributed by atoms with van der Waals surface area (Å²) in [5.74, 6) is 1.82. The van der Waals surface area contributed by atoms with Crippen LogP contribution in [-0.2, 0) is 16.6 Å². The summed E-state index contributed by atoms with van der Waals surface area (Å²) in [5, 5.41) is 10.2. The molecule has 1 aromatic rings. The molecule has 2 heterocycles. The van der Waals surface area contributed by atoms with Gasteiger partial charge in [-0.05, 0) is 62.6 Å². The molecule has 3 fully saturated rings. The molecule has 8 rings (SSSR count). The minimum absolute atomic E-state index is 0.0163. The molecule has 1 saturated heterocycles. The predicted octanol–water partition coefficient (Wildman–Crippen LogP) is 3.52. The third-order valence-electron chi connectivity index (χ3n) is 9.48. The maximum atomic E-state index is 10.2. The highest BCUT2D eigenvalue weighted by Crippen LogP contribution is 2.74. The van der Waals surface area contributed by atoms with E-state index in [1.165, 1.54) is 36.1 Å². The van der Waals surface area contributed by atoms with Crippen LogP contribution < -0.4 is 4.74 Å². The van der Waals surface area contributed by atoms with Crippen molar-refractivity contribution in [1.82, 2.24) is 4.90 Å². The highest BCUT2D eigenvalue weighted by molar-refractivity contribution is 5.63. The van der Waals surface area contributed by atoms with Crippen molar-refractivity contribution in [3.63, 3.8) is 0 Å². The Morgan fingerprint density at radius 2 is 2.17 bits per heavy atom. The number of rotatable bonds is 3. The summed E-state index contributed by atoms with van der Waals surface area (Å²) >= 11 is 0. The average molecular weight is 389 g/mol. The molecule has 0 N–H and O–H groups in total. The van der Waals surface area contributed by atoms with E-state index >= 15 is 0 Å². The van der Waals surface area contributed by atoms with E-state index in [9.17, 15) is 5.26 Å². The van der Waals surface area contributed by atoms with Gasteiger partial charge in [0.05, 0.1) is 17.4 Å². The van der Waals surface area contributed by atoms with Gasteiger partial charge in [0.15, 0.2) is 0 Å². The zero-order valence-electron chi connectivity index (χ0n) is 17.3. The Morgan fingerprint density at radius 3 is 2.93 bits per heavy atom. The second-order valence-corrected chi connectivity index (χ2v) is 10.4. The standard InChI is InChI=1S/C25H28N2O2/c1-15-3-6-17-11-19-23-7-8-25(28-2,18(12-23)13-26)22-24(23,20(17)21(15)29-22)9-10-27(19)14-16-4-5-16/h3,6-8,16,18-19,22H,4-5,9-12,14H2,1-2H3/t18-,19-,22-,23-,24+,25-/m1/s1. The number of nitrogens with zero attached hydrogens (tertiary/aromatic N) is 2. The van der Waals surface area contributed by atoms with E-state index in [1.807, 2.05) is 0 Å². The summed E-state index contributed by atoms with van der Waals surface area (Å²) in [6, 6.07) is 7.69. The van der Waals surface area contributed by atoms with E-state index < -0.39 is 5.60 Å². The Labute approximate surface area is 172 Å². The maximum Gasteiger partial charge on any atom is 0.143 e. The van der Waals surface area contributed by atoms with E-state index in [2.05, 4.69) is 42.2 Å². The highest BCUT2D eigenvalue weighted by Gasteiger charge is 2.79. The van der Waals surface area contributed by atoms with Gasteiger partial charge in [0.1, 0.15) is 17.5 Å². The van der Waals surface area contributed by atoms with Gasteiger partial charge in [-0.25, -0.2) is 0 Å². The zero-order chi connectivity index (χ0) is 19.6. The highest BCUT2D eigenvalue weighted by atomic mass is 16.6. The average Bonchev–Trinajstić information content (AvgIpc) is 3.48. The van der Waals surface area contributed by atoms with E-state index in [0.29, 0.717) is 6.04 Å². The van der Waals surface area contributed by atoms with Crippen LogP contribution in [0.5, 0.6) is 5.75 Å². The first-order chi connectivity index (χ1) is 14.1. The summed E-state index contributed by atoms with van der Waals surface area (Å²) in [6.45, 7) is 4.53. The number of piperidine rings is 1. The van der Waals surface area contributed by atoms with Crippen molar-refractivity contribution in [2.75, 3.05) is 20.2 Å². The van der Waals surface area contributed by atoms with E-state index in [0.717, 1.165) is 37.5 Å². The molecule has 4 nitrogen and oxygen atoms in total. The SMILES string of the molecule is CO[C@]12C=C[C@@]3(C[C@@H]1C#N)[C@H]1Cc4ccc(C)c5c4[C@@]3(CCN1CC1CC1)[C@H]2O5. The second kappa shape index (κ2) is 5.07. The number of nitriles is 1. The summed E-state index contributed by atoms with van der Waals surface area (Å²) in [7, 11) is 1.77. The fourth-order valence-corrected chi connectivity index (χ4v) is 8.07. The van der Waals surface area contributed by atoms with Crippen molar-refractivity contribution < 1.29 is 9.47 Å². The predicted molar refractivity (Wildman–Crippen MR) is 109 cm³/mol. The van der Waals surface area contributed by atoms with Gasteiger partial charge in [0, 0.05) is 30.7 Å². The lowest BCUT2D eigenvalue weighted by Gasteiger charge is -2.70. The van der Waals surface area contributed by atoms with Crippen molar-refractivity contribution in [2.45, 2.75) is 62.2 Å². The van der Waals surface area contributed by atoms with Gasteiger partial charge in [0.2, 0.25) is 0 Å². The van der Waals surface area contributed by atoms with Crippen LogP contribution in [0.4, 0.5) is 0 Å². The van der Waals surface area contributed by atoms with Crippen LogP contribution >= 0.6 is 0 Å². The molecule has 0 unspecified atom stereocenters. The lowest BCUT2D eigenvalue weighted by molar-refractivity contribution is -0.205. The number of fused-ring (bicyclic) bond motifs is 1. The quantitative estimate of drug-likeness (QED) is 0.744. The fourth-order valence-electron chi connectivity index (χ4n) is 8.07. The van der Waals surface area contributed by atoms with Crippen LogP contribution in [0.25, 0.3) is 0 Å². The minimum atomic E-state index is -0.639. The van der Waals surface area contributed by atoms with Gasteiger partial charge in [-0.15, -0.1) is 0 Å². The monoisotopic (exact) mass is 388 g/mol. The Kier molecular flexibility index (Phi) is 2.96. The first kappa shape index (κ1) is 16.9. The molecule has 0 radical (unpaired) electrons. The summed E-state index contributed by atoms with van der Waals surface area (Å²) in [4.78, 5) is 2.78. The van der Waals surface area contributed by atoms with Crippen LogP contribution in [0.1, 0.15) is 42.4 Å². The Morgan fingerprint density at radius 1 is 1.31 bits per heavy atom. The fraction of sp³-hybridized carbons (Fsp3) is 0.640.